The summed E-state index contributed by atoms with van der Waals surface area (Å²) in [7, 11) is 1.97. The summed E-state index contributed by atoms with van der Waals surface area (Å²) >= 11 is 11.0. The quantitative estimate of drug-likeness (QED) is 0.826. The van der Waals surface area contributed by atoms with Crippen molar-refractivity contribution in [1.29, 1.82) is 0 Å². The summed E-state index contributed by atoms with van der Waals surface area (Å²) in [5, 5.41) is 3.83. The second-order valence-electron chi connectivity index (χ2n) is 3.37. The molecule has 0 aliphatic rings. The summed E-state index contributed by atoms with van der Waals surface area (Å²) in [5.41, 5.74) is 7.56. The van der Waals surface area contributed by atoms with Gasteiger partial charge >= 0.3 is 0 Å². The van der Waals surface area contributed by atoms with E-state index in [1.807, 2.05) is 35.5 Å². The Morgan fingerprint density at radius 3 is 2.75 bits per heavy atom. The molecule has 0 bridgehead atoms. The Balaban J connectivity index is 2.40. The van der Waals surface area contributed by atoms with Crippen molar-refractivity contribution in [2.45, 2.75) is 0 Å². The lowest BCUT2D eigenvalue weighted by molar-refractivity contribution is 1.24. The first-order chi connectivity index (χ1) is 7.58. The lowest BCUT2D eigenvalue weighted by atomic mass is 10.2. The molecular weight excluding hydrogens is 308 g/mol. The summed E-state index contributed by atoms with van der Waals surface area (Å²) in [5.74, 6) is 0. The Morgan fingerprint density at radius 2 is 2.12 bits per heavy atom. The molecule has 0 unspecified atom stereocenters. The van der Waals surface area contributed by atoms with Gasteiger partial charge in [0.25, 0.3) is 0 Å². The molecule has 0 fully saturated rings. The fraction of sp³-hybridized carbons (Fsp3) is 0.0909. The minimum absolute atomic E-state index is 0.687. The van der Waals surface area contributed by atoms with E-state index in [4.69, 9.17) is 17.3 Å². The van der Waals surface area contributed by atoms with Gasteiger partial charge in [0.05, 0.1) is 16.4 Å². The number of anilines is 3. The summed E-state index contributed by atoms with van der Waals surface area (Å²) in [6, 6.07) is 7.52. The van der Waals surface area contributed by atoms with E-state index >= 15 is 0 Å². The average molecular weight is 318 g/mol. The van der Waals surface area contributed by atoms with Crippen molar-refractivity contribution in [3.05, 3.63) is 39.1 Å². The van der Waals surface area contributed by atoms with Crippen LogP contribution in [0.2, 0.25) is 5.02 Å². The highest BCUT2D eigenvalue weighted by Gasteiger charge is 2.10. The largest absolute Gasteiger partial charge is 0.397 e. The van der Waals surface area contributed by atoms with Gasteiger partial charge in [0, 0.05) is 21.9 Å². The van der Waals surface area contributed by atoms with Crippen molar-refractivity contribution in [2.24, 2.45) is 0 Å². The molecule has 0 aliphatic heterocycles. The van der Waals surface area contributed by atoms with Crippen LogP contribution >= 0.6 is 38.9 Å². The third-order valence-corrected chi connectivity index (χ3v) is 4.24. The molecule has 2 nitrogen and oxygen atoms in total. The number of thiophene rings is 1. The van der Waals surface area contributed by atoms with Crippen molar-refractivity contribution >= 4 is 55.2 Å². The first kappa shape index (κ1) is 11.8. The second kappa shape index (κ2) is 4.65. The van der Waals surface area contributed by atoms with Gasteiger partial charge in [0.15, 0.2) is 0 Å². The highest BCUT2D eigenvalue weighted by atomic mass is 79.9. The van der Waals surface area contributed by atoms with Crippen molar-refractivity contribution in [3.8, 4) is 0 Å². The molecule has 2 aromatic rings. The van der Waals surface area contributed by atoms with Gasteiger partial charge in [-0.05, 0) is 40.2 Å². The summed E-state index contributed by atoms with van der Waals surface area (Å²) < 4.78 is 1.07. The molecular formula is C11H10BrClN2S. The third kappa shape index (κ3) is 2.34. The monoisotopic (exact) mass is 316 g/mol. The lowest BCUT2D eigenvalue weighted by Crippen LogP contribution is -2.09. The molecule has 0 atom stereocenters. The SMILES string of the molecule is CN(c1cc(Br)cs1)c1cc(Cl)ccc1N. The Kier molecular flexibility index (Phi) is 3.42. The van der Waals surface area contributed by atoms with E-state index in [1.165, 1.54) is 0 Å². The Bertz CT molecular complexity index is 512. The van der Waals surface area contributed by atoms with E-state index in [2.05, 4.69) is 15.9 Å². The zero-order chi connectivity index (χ0) is 11.7. The summed E-state index contributed by atoms with van der Waals surface area (Å²) in [6.45, 7) is 0. The first-order valence-electron chi connectivity index (χ1n) is 4.60. The maximum atomic E-state index is 5.97. The normalized spacial score (nSPS) is 10.4. The van der Waals surface area contributed by atoms with Crippen LogP contribution in [-0.4, -0.2) is 7.05 Å². The van der Waals surface area contributed by atoms with Gasteiger partial charge in [-0.3, -0.25) is 0 Å². The molecule has 0 radical (unpaired) electrons. The molecule has 2 rings (SSSR count). The fourth-order valence-corrected chi connectivity index (χ4v) is 2.97. The zero-order valence-corrected chi connectivity index (χ0v) is 11.7. The maximum absolute atomic E-state index is 5.97. The standard InChI is InChI=1S/C11H10BrClN2S/c1-15(11-4-7(12)6-16-11)10-5-8(13)2-3-9(10)14/h2-6H,14H2,1H3. The fourth-order valence-electron chi connectivity index (χ4n) is 1.40. The van der Waals surface area contributed by atoms with Gasteiger partial charge in [-0.1, -0.05) is 11.6 Å². The van der Waals surface area contributed by atoms with E-state index in [-0.39, 0.29) is 0 Å². The van der Waals surface area contributed by atoms with Crippen LogP contribution in [0.4, 0.5) is 16.4 Å². The molecule has 16 heavy (non-hydrogen) atoms. The average Bonchev–Trinajstić information content (AvgIpc) is 2.67. The van der Waals surface area contributed by atoms with Crippen LogP contribution in [0, 0.1) is 0 Å². The zero-order valence-electron chi connectivity index (χ0n) is 8.58. The maximum Gasteiger partial charge on any atom is 0.0962 e. The van der Waals surface area contributed by atoms with Crippen LogP contribution in [0.3, 0.4) is 0 Å². The van der Waals surface area contributed by atoms with Gasteiger partial charge in [-0.15, -0.1) is 11.3 Å². The van der Waals surface area contributed by atoms with E-state index in [9.17, 15) is 0 Å². The number of rotatable bonds is 2. The van der Waals surface area contributed by atoms with Gasteiger partial charge in [0.1, 0.15) is 0 Å². The molecule has 84 valence electrons. The molecule has 0 aliphatic carbocycles. The van der Waals surface area contributed by atoms with Crippen LogP contribution in [0.5, 0.6) is 0 Å². The van der Waals surface area contributed by atoms with Gasteiger partial charge in [-0.25, -0.2) is 0 Å². The predicted molar refractivity (Wildman–Crippen MR) is 75.9 cm³/mol. The summed E-state index contributed by atoms with van der Waals surface area (Å²) in [6.07, 6.45) is 0. The molecule has 1 aromatic carbocycles. The van der Waals surface area contributed by atoms with Crippen molar-refractivity contribution in [3.63, 3.8) is 0 Å². The number of hydrogen-bond acceptors (Lipinski definition) is 3. The molecule has 1 aromatic heterocycles. The third-order valence-electron chi connectivity index (χ3n) is 2.24. The van der Waals surface area contributed by atoms with Gasteiger partial charge in [-0.2, -0.15) is 0 Å². The predicted octanol–water partition coefficient (Wildman–Crippen LogP) is 4.51. The number of nitrogens with two attached hydrogens (primary N) is 1. The minimum Gasteiger partial charge on any atom is -0.397 e. The van der Waals surface area contributed by atoms with Crippen LogP contribution in [-0.2, 0) is 0 Å². The number of hydrogen-bond donors (Lipinski definition) is 1. The molecule has 1 heterocycles. The number of nitrogens with zero attached hydrogens (tertiary/aromatic N) is 1. The van der Waals surface area contributed by atoms with E-state index in [0.29, 0.717) is 5.02 Å². The van der Waals surface area contributed by atoms with Crippen molar-refractivity contribution in [2.75, 3.05) is 17.7 Å². The van der Waals surface area contributed by atoms with Gasteiger partial charge in [0.2, 0.25) is 0 Å². The van der Waals surface area contributed by atoms with Crippen LogP contribution < -0.4 is 10.6 Å². The number of halogens is 2. The second-order valence-corrected chi connectivity index (χ2v) is 5.61. The molecule has 0 amide bonds. The summed E-state index contributed by atoms with van der Waals surface area (Å²) in [4.78, 5) is 2.02. The minimum atomic E-state index is 0.687. The molecule has 0 saturated heterocycles. The lowest BCUT2D eigenvalue weighted by Gasteiger charge is -2.19. The Hall–Kier alpha value is -0.710. The highest BCUT2D eigenvalue weighted by Crippen LogP contribution is 2.35. The molecule has 0 saturated carbocycles. The Morgan fingerprint density at radius 1 is 1.38 bits per heavy atom. The van der Waals surface area contributed by atoms with E-state index in [1.54, 1.807) is 17.4 Å². The number of benzene rings is 1. The Labute approximate surface area is 112 Å². The van der Waals surface area contributed by atoms with E-state index < -0.39 is 0 Å². The molecule has 2 N–H and O–H groups in total. The first-order valence-corrected chi connectivity index (χ1v) is 6.66. The number of nitrogen functional groups attached to an aromatic ring is 1. The van der Waals surface area contributed by atoms with Crippen molar-refractivity contribution in [1.82, 2.24) is 0 Å². The van der Waals surface area contributed by atoms with Crippen molar-refractivity contribution < 1.29 is 0 Å². The van der Waals surface area contributed by atoms with Gasteiger partial charge < -0.3 is 10.6 Å². The van der Waals surface area contributed by atoms with Crippen LogP contribution in [0.1, 0.15) is 0 Å². The molecule has 0 spiro atoms. The van der Waals surface area contributed by atoms with Crippen LogP contribution in [0.15, 0.2) is 34.1 Å². The highest BCUT2D eigenvalue weighted by molar-refractivity contribution is 9.10. The smallest absolute Gasteiger partial charge is 0.0962 e. The van der Waals surface area contributed by atoms with Crippen LogP contribution in [0.25, 0.3) is 0 Å². The molecule has 5 heteroatoms. The topological polar surface area (TPSA) is 29.3 Å². The van der Waals surface area contributed by atoms with E-state index in [0.717, 1.165) is 20.8 Å².